The quantitative estimate of drug-likeness (QED) is 0.468. The van der Waals surface area contributed by atoms with Gasteiger partial charge in [-0.25, -0.2) is 9.67 Å². The van der Waals surface area contributed by atoms with Crippen LogP contribution in [-0.4, -0.2) is 41.2 Å². The van der Waals surface area contributed by atoms with E-state index in [0.717, 1.165) is 11.3 Å². The number of amides is 1. The van der Waals surface area contributed by atoms with Crippen molar-refractivity contribution in [2.45, 2.75) is 12.1 Å². The molecule has 0 aliphatic carbocycles. The van der Waals surface area contributed by atoms with Gasteiger partial charge in [-0.15, -0.1) is 10.2 Å². The molecule has 1 amide bonds. The lowest BCUT2D eigenvalue weighted by molar-refractivity contribution is -0.113. The highest BCUT2D eigenvalue weighted by Gasteiger charge is 2.16. The predicted octanol–water partition coefficient (Wildman–Crippen LogP) is 3.35. The molecule has 11 heteroatoms. The van der Waals surface area contributed by atoms with E-state index in [2.05, 4.69) is 25.6 Å². The van der Waals surface area contributed by atoms with Gasteiger partial charge in [0, 0.05) is 12.1 Å². The van der Waals surface area contributed by atoms with Gasteiger partial charge in [-0.05, 0) is 31.2 Å². The van der Waals surface area contributed by atoms with Crippen LogP contribution < -0.4 is 5.32 Å². The molecule has 1 aromatic carbocycles. The van der Waals surface area contributed by atoms with Crippen molar-refractivity contribution < 1.29 is 9.21 Å². The van der Waals surface area contributed by atoms with Crippen molar-refractivity contribution in [3.63, 3.8) is 0 Å². The number of halogens is 1. The second kappa shape index (κ2) is 8.10. The van der Waals surface area contributed by atoms with Crippen LogP contribution in [-0.2, 0) is 11.8 Å². The molecule has 0 fully saturated rings. The molecule has 0 spiro atoms. The Morgan fingerprint density at radius 3 is 2.90 bits per heavy atom. The van der Waals surface area contributed by atoms with Gasteiger partial charge in [-0.2, -0.15) is 5.10 Å². The molecule has 29 heavy (non-hydrogen) atoms. The zero-order chi connectivity index (χ0) is 20.4. The van der Waals surface area contributed by atoms with Crippen LogP contribution in [0.5, 0.6) is 0 Å². The first kappa shape index (κ1) is 19.2. The van der Waals surface area contributed by atoms with Gasteiger partial charge in [-0.1, -0.05) is 23.4 Å². The molecule has 0 bridgehead atoms. The van der Waals surface area contributed by atoms with Crippen molar-refractivity contribution in [2.75, 3.05) is 11.1 Å². The number of aryl methyl sites for hydroxylation is 1. The summed E-state index contributed by atoms with van der Waals surface area (Å²) in [7, 11) is 1.85. The van der Waals surface area contributed by atoms with Crippen molar-refractivity contribution in [3.05, 3.63) is 54.0 Å². The van der Waals surface area contributed by atoms with E-state index in [4.69, 9.17) is 16.0 Å². The molecule has 3 aromatic heterocycles. The molecule has 0 atom stereocenters. The molecular formula is C18H16ClN7O2S. The molecule has 148 valence electrons. The SMILES string of the molecule is Cc1occc1-c1nnc(SCC(=O)Nc2cc(Cl)ccc2-n2cncn2)n1C. The molecule has 9 nitrogen and oxygen atoms in total. The number of furan rings is 1. The Morgan fingerprint density at radius 2 is 2.17 bits per heavy atom. The maximum atomic E-state index is 12.5. The Balaban J connectivity index is 1.46. The molecule has 3 heterocycles. The van der Waals surface area contributed by atoms with Gasteiger partial charge in [0.2, 0.25) is 5.91 Å². The van der Waals surface area contributed by atoms with E-state index >= 15 is 0 Å². The van der Waals surface area contributed by atoms with Gasteiger partial charge in [0.05, 0.1) is 29.0 Å². The monoisotopic (exact) mass is 429 g/mol. The van der Waals surface area contributed by atoms with E-state index in [1.54, 1.807) is 35.5 Å². The molecule has 4 aromatic rings. The summed E-state index contributed by atoms with van der Waals surface area (Å²) in [6.07, 6.45) is 4.58. The number of aromatic nitrogens is 6. The average molecular weight is 430 g/mol. The Morgan fingerprint density at radius 1 is 1.31 bits per heavy atom. The Hall–Kier alpha value is -3.11. The minimum absolute atomic E-state index is 0.152. The van der Waals surface area contributed by atoms with E-state index in [1.165, 1.54) is 18.1 Å². The Bertz CT molecular complexity index is 1150. The molecule has 0 aliphatic heterocycles. The van der Waals surface area contributed by atoms with Gasteiger partial charge in [0.1, 0.15) is 18.4 Å². The van der Waals surface area contributed by atoms with Gasteiger partial charge < -0.3 is 14.3 Å². The summed E-state index contributed by atoms with van der Waals surface area (Å²) in [4.78, 5) is 16.5. The zero-order valence-corrected chi connectivity index (χ0v) is 17.1. The largest absolute Gasteiger partial charge is 0.469 e. The lowest BCUT2D eigenvalue weighted by Gasteiger charge is -2.11. The molecule has 1 N–H and O–H groups in total. The molecule has 0 unspecified atom stereocenters. The number of nitrogens with zero attached hydrogens (tertiary/aromatic N) is 6. The van der Waals surface area contributed by atoms with E-state index in [0.29, 0.717) is 27.4 Å². The van der Waals surface area contributed by atoms with Crippen molar-refractivity contribution in [3.8, 4) is 17.1 Å². The number of anilines is 1. The molecule has 0 saturated heterocycles. The number of hydrogen-bond acceptors (Lipinski definition) is 7. The Kier molecular flexibility index (Phi) is 5.36. The summed E-state index contributed by atoms with van der Waals surface area (Å²) in [6.45, 7) is 1.86. The third-order valence-corrected chi connectivity index (χ3v) is 5.42. The van der Waals surface area contributed by atoms with Crippen LogP contribution in [0.2, 0.25) is 5.02 Å². The van der Waals surface area contributed by atoms with Crippen LogP contribution >= 0.6 is 23.4 Å². The third kappa shape index (κ3) is 4.03. The second-order valence-electron chi connectivity index (χ2n) is 6.09. The number of nitrogens with one attached hydrogen (secondary N) is 1. The number of rotatable bonds is 6. The van der Waals surface area contributed by atoms with Crippen molar-refractivity contribution in [2.24, 2.45) is 7.05 Å². The van der Waals surface area contributed by atoms with Crippen molar-refractivity contribution >= 4 is 35.0 Å². The van der Waals surface area contributed by atoms with Crippen molar-refractivity contribution in [1.29, 1.82) is 0 Å². The fraction of sp³-hybridized carbons (Fsp3) is 0.167. The number of benzene rings is 1. The predicted molar refractivity (Wildman–Crippen MR) is 109 cm³/mol. The van der Waals surface area contributed by atoms with E-state index in [1.807, 2.05) is 24.6 Å². The van der Waals surface area contributed by atoms with Gasteiger partial charge >= 0.3 is 0 Å². The highest BCUT2D eigenvalue weighted by molar-refractivity contribution is 7.99. The summed E-state index contributed by atoms with van der Waals surface area (Å²) in [5.41, 5.74) is 2.08. The lowest BCUT2D eigenvalue weighted by Crippen LogP contribution is -2.16. The number of carbonyl (C=O) groups is 1. The van der Waals surface area contributed by atoms with Crippen LogP contribution in [0.4, 0.5) is 5.69 Å². The molecule has 0 saturated carbocycles. The number of carbonyl (C=O) groups excluding carboxylic acids is 1. The second-order valence-corrected chi connectivity index (χ2v) is 7.47. The fourth-order valence-electron chi connectivity index (χ4n) is 2.75. The van der Waals surface area contributed by atoms with E-state index < -0.39 is 0 Å². The fourth-order valence-corrected chi connectivity index (χ4v) is 3.63. The maximum absolute atomic E-state index is 12.5. The third-order valence-electron chi connectivity index (χ3n) is 4.17. The van der Waals surface area contributed by atoms with E-state index in [-0.39, 0.29) is 11.7 Å². The van der Waals surface area contributed by atoms with Crippen molar-refractivity contribution in [1.82, 2.24) is 29.5 Å². The molecular weight excluding hydrogens is 414 g/mol. The first-order valence-corrected chi connectivity index (χ1v) is 9.90. The standard InChI is InChI=1S/C18H16ClN7O2S/c1-11-13(5-6-28-11)17-23-24-18(25(17)2)29-8-16(27)22-14-7-12(19)3-4-15(14)26-10-20-9-21-26/h3-7,9-10H,8H2,1-2H3,(H,22,27). The topological polar surface area (TPSA) is 104 Å². The first-order chi connectivity index (χ1) is 14.0. The summed E-state index contributed by atoms with van der Waals surface area (Å²) in [5.74, 6) is 1.39. The van der Waals surface area contributed by atoms with Crippen LogP contribution in [0.15, 0.2) is 52.8 Å². The number of thioether (sulfide) groups is 1. The summed E-state index contributed by atoms with van der Waals surface area (Å²) < 4.78 is 8.71. The maximum Gasteiger partial charge on any atom is 0.234 e. The Labute approximate surface area is 175 Å². The summed E-state index contributed by atoms with van der Waals surface area (Å²) in [5, 5.41) is 16.5. The van der Waals surface area contributed by atoms with Crippen LogP contribution in [0.1, 0.15) is 5.76 Å². The van der Waals surface area contributed by atoms with Gasteiger partial charge in [0.25, 0.3) is 0 Å². The van der Waals surface area contributed by atoms with Crippen LogP contribution in [0.25, 0.3) is 17.1 Å². The first-order valence-electron chi connectivity index (χ1n) is 8.54. The summed E-state index contributed by atoms with van der Waals surface area (Å²) >= 11 is 7.37. The normalized spacial score (nSPS) is 11.0. The highest BCUT2D eigenvalue weighted by Crippen LogP contribution is 2.27. The van der Waals surface area contributed by atoms with Crippen LogP contribution in [0.3, 0.4) is 0 Å². The number of hydrogen-bond donors (Lipinski definition) is 1. The van der Waals surface area contributed by atoms with Gasteiger partial charge in [-0.3, -0.25) is 4.79 Å². The molecule has 0 aliphatic rings. The lowest BCUT2D eigenvalue weighted by atomic mass is 10.2. The summed E-state index contributed by atoms with van der Waals surface area (Å²) in [6, 6.07) is 7.00. The molecule has 0 radical (unpaired) electrons. The van der Waals surface area contributed by atoms with E-state index in [9.17, 15) is 4.79 Å². The molecule has 4 rings (SSSR count). The minimum Gasteiger partial charge on any atom is -0.469 e. The smallest absolute Gasteiger partial charge is 0.234 e. The van der Waals surface area contributed by atoms with Gasteiger partial charge in [0.15, 0.2) is 11.0 Å². The minimum atomic E-state index is -0.206. The zero-order valence-electron chi connectivity index (χ0n) is 15.5. The highest BCUT2D eigenvalue weighted by atomic mass is 35.5. The van der Waals surface area contributed by atoms with Crippen LogP contribution in [0, 0.1) is 6.92 Å². The average Bonchev–Trinajstić information content (AvgIpc) is 3.42.